The van der Waals surface area contributed by atoms with E-state index in [0.717, 1.165) is 17.7 Å². The highest BCUT2D eigenvalue weighted by atomic mass is 19.1. The number of aryl methyl sites for hydroxylation is 1. The molecular formula is C14H14FN3O. The van der Waals surface area contributed by atoms with Crippen LogP contribution in [0.2, 0.25) is 0 Å². The van der Waals surface area contributed by atoms with E-state index in [9.17, 15) is 4.39 Å². The van der Waals surface area contributed by atoms with Crippen LogP contribution in [0.3, 0.4) is 0 Å². The topological polar surface area (TPSA) is 61.9 Å². The first kappa shape index (κ1) is 13.2. The Balaban J connectivity index is 1.90. The van der Waals surface area contributed by atoms with Crippen molar-refractivity contribution in [1.29, 1.82) is 5.26 Å². The van der Waals surface area contributed by atoms with Gasteiger partial charge in [-0.25, -0.2) is 9.37 Å². The predicted octanol–water partition coefficient (Wildman–Crippen LogP) is 2.54. The molecule has 0 spiro atoms. The van der Waals surface area contributed by atoms with Crippen LogP contribution >= 0.6 is 0 Å². The van der Waals surface area contributed by atoms with Crippen LogP contribution in [0.25, 0.3) is 0 Å². The molecule has 2 aromatic rings. The van der Waals surface area contributed by atoms with E-state index < -0.39 is 5.82 Å². The fourth-order valence-corrected chi connectivity index (χ4v) is 1.68. The van der Waals surface area contributed by atoms with Crippen LogP contribution in [0.15, 0.2) is 28.8 Å². The smallest absolute Gasteiger partial charge is 0.208 e. The number of hydrogen-bond donors (Lipinski definition) is 1. The average Bonchev–Trinajstić information content (AvgIpc) is 2.88. The molecule has 0 atom stereocenters. The minimum Gasteiger partial charge on any atom is -0.444 e. The number of halogens is 1. The van der Waals surface area contributed by atoms with Crippen LogP contribution in [0, 0.1) is 17.1 Å². The molecule has 0 amide bonds. The van der Waals surface area contributed by atoms with E-state index in [0.29, 0.717) is 19.0 Å². The van der Waals surface area contributed by atoms with Crippen molar-refractivity contribution in [3.05, 3.63) is 53.0 Å². The number of rotatable bonds is 5. The van der Waals surface area contributed by atoms with Crippen molar-refractivity contribution in [2.75, 3.05) is 0 Å². The summed E-state index contributed by atoms with van der Waals surface area (Å²) in [5.41, 5.74) is 0.906. The fourth-order valence-electron chi connectivity index (χ4n) is 1.68. The van der Waals surface area contributed by atoms with Crippen molar-refractivity contribution in [2.24, 2.45) is 0 Å². The van der Waals surface area contributed by atoms with Crippen molar-refractivity contribution in [2.45, 2.75) is 26.4 Å². The first-order chi connectivity index (χ1) is 9.22. The van der Waals surface area contributed by atoms with E-state index >= 15 is 0 Å². The molecule has 1 heterocycles. The highest BCUT2D eigenvalue weighted by Gasteiger charge is 2.04. The molecule has 0 aliphatic carbocycles. The molecule has 0 saturated heterocycles. The second-order valence-corrected chi connectivity index (χ2v) is 4.10. The molecule has 1 N–H and O–H groups in total. The lowest BCUT2D eigenvalue weighted by Gasteiger charge is -2.03. The van der Waals surface area contributed by atoms with Gasteiger partial charge in [0.05, 0.1) is 18.3 Å². The molecule has 2 rings (SSSR count). The van der Waals surface area contributed by atoms with Crippen LogP contribution in [-0.2, 0) is 19.5 Å². The maximum absolute atomic E-state index is 13.1. The Hall–Kier alpha value is -2.19. The number of nitriles is 1. The van der Waals surface area contributed by atoms with Gasteiger partial charge in [0.15, 0.2) is 0 Å². The van der Waals surface area contributed by atoms with Crippen molar-refractivity contribution < 1.29 is 8.81 Å². The molecule has 0 unspecified atom stereocenters. The van der Waals surface area contributed by atoms with Gasteiger partial charge in [0.1, 0.15) is 17.6 Å². The number of aromatic nitrogens is 1. The number of hydrogen-bond acceptors (Lipinski definition) is 4. The summed E-state index contributed by atoms with van der Waals surface area (Å²) in [4.78, 5) is 4.12. The van der Waals surface area contributed by atoms with E-state index in [2.05, 4.69) is 10.3 Å². The molecule has 0 aliphatic rings. The first-order valence-corrected chi connectivity index (χ1v) is 6.05. The van der Waals surface area contributed by atoms with Crippen LogP contribution in [0.5, 0.6) is 0 Å². The minimum atomic E-state index is -0.494. The molecule has 0 fully saturated rings. The van der Waals surface area contributed by atoms with Gasteiger partial charge in [0.2, 0.25) is 5.89 Å². The number of nitrogens with one attached hydrogen (secondary N) is 1. The highest BCUT2D eigenvalue weighted by Crippen LogP contribution is 2.10. The molecule has 98 valence electrons. The third-order valence-corrected chi connectivity index (χ3v) is 2.71. The third-order valence-electron chi connectivity index (χ3n) is 2.71. The summed E-state index contributed by atoms with van der Waals surface area (Å²) in [7, 11) is 0. The van der Waals surface area contributed by atoms with Crippen molar-refractivity contribution in [3.63, 3.8) is 0 Å². The molecule has 0 radical (unpaired) electrons. The summed E-state index contributed by atoms with van der Waals surface area (Å²) in [6.07, 6.45) is 2.53. The van der Waals surface area contributed by atoms with Crippen LogP contribution in [0.1, 0.15) is 29.7 Å². The van der Waals surface area contributed by atoms with Gasteiger partial charge in [-0.1, -0.05) is 13.0 Å². The van der Waals surface area contributed by atoms with Gasteiger partial charge in [-0.2, -0.15) is 5.26 Å². The summed E-state index contributed by atoms with van der Waals surface area (Å²) >= 11 is 0. The molecule has 1 aromatic heterocycles. The summed E-state index contributed by atoms with van der Waals surface area (Å²) in [6, 6.07) is 6.31. The molecule has 0 aliphatic heterocycles. The van der Waals surface area contributed by atoms with Crippen molar-refractivity contribution in [3.8, 4) is 6.07 Å². The fraction of sp³-hybridized carbons (Fsp3) is 0.286. The zero-order valence-electron chi connectivity index (χ0n) is 10.6. The lowest BCUT2D eigenvalue weighted by atomic mass is 10.1. The lowest BCUT2D eigenvalue weighted by Crippen LogP contribution is -2.13. The molecule has 4 nitrogen and oxygen atoms in total. The van der Waals surface area contributed by atoms with E-state index in [4.69, 9.17) is 9.68 Å². The van der Waals surface area contributed by atoms with Gasteiger partial charge in [-0.05, 0) is 17.7 Å². The molecule has 0 saturated carbocycles. The van der Waals surface area contributed by atoms with E-state index in [-0.39, 0.29) is 5.56 Å². The Kier molecular flexibility index (Phi) is 4.26. The molecule has 5 heteroatoms. The Morgan fingerprint density at radius 2 is 2.26 bits per heavy atom. The van der Waals surface area contributed by atoms with Crippen molar-refractivity contribution in [1.82, 2.24) is 10.3 Å². The first-order valence-electron chi connectivity index (χ1n) is 6.05. The quantitative estimate of drug-likeness (QED) is 0.896. The molecule has 19 heavy (non-hydrogen) atoms. The summed E-state index contributed by atoms with van der Waals surface area (Å²) in [5, 5.41) is 11.9. The second kappa shape index (κ2) is 6.12. The van der Waals surface area contributed by atoms with Crippen LogP contribution < -0.4 is 5.32 Å². The number of nitrogens with zero attached hydrogens (tertiary/aromatic N) is 2. The van der Waals surface area contributed by atoms with Crippen LogP contribution in [-0.4, -0.2) is 4.98 Å². The van der Waals surface area contributed by atoms with Gasteiger partial charge >= 0.3 is 0 Å². The van der Waals surface area contributed by atoms with Crippen LogP contribution in [0.4, 0.5) is 4.39 Å². The van der Waals surface area contributed by atoms with Gasteiger partial charge in [-0.3, -0.25) is 0 Å². The minimum absolute atomic E-state index is 0.0590. The standard InChI is InChI=1S/C14H14FN3O/c1-2-12-8-18-14(19-12)9-17-7-10-3-4-13(15)11(5-10)6-16/h3-5,8,17H,2,7,9H2,1H3. The van der Waals surface area contributed by atoms with E-state index in [1.54, 1.807) is 12.3 Å². The van der Waals surface area contributed by atoms with Gasteiger partial charge in [0, 0.05) is 13.0 Å². The highest BCUT2D eigenvalue weighted by molar-refractivity contribution is 5.34. The second-order valence-electron chi connectivity index (χ2n) is 4.10. The Morgan fingerprint density at radius 3 is 2.95 bits per heavy atom. The van der Waals surface area contributed by atoms with Gasteiger partial charge in [-0.15, -0.1) is 0 Å². The van der Waals surface area contributed by atoms with Crippen molar-refractivity contribution >= 4 is 0 Å². The summed E-state index contributed by atoms with van der Waals surface area (Å²) in [6.45, 7) is 3.03. The zero-order valence-corrected chi connectivity index (χ0v) is 10.6. The molecule has 1 aromatic carbocycles. The van der Waals surface area contributed by atoms with Gasteiger partial charge < -0.3 is 9.73 Å². The number of benzene rings is 1. The SMILES string of the molecule is CCc1cnc(CNCc2ccc(F)c(C#N)c2)o1. The Labute approximate surface area is 110 Å². The summed E-state index contributed by atoms with van der Waals surface area (Å²) < 4.78 is 18.6. The zero-order chi connectivity index (χ0) is 13.7. The number of oxazole rings is 1. The Bertz CT molecular complexity index is 601. The average molecular weight is 259 g/mol. The summed E-state index contributed by atoms with van der Waals surface area (Å²) in [5.74, 6) is 0.983. The van der Waals surface area contributed by atoms with Gasteiger partial charge in [0.25, 0.3) is 0 Å². The monoisotopic (exact) mass is 259 g/mol. The molecular weight excluding hydrogens is 245 g/mol. The largest absolute Gasteiger partial charge is 0.444 e. The van der Waals surface area contributed by atoms with E-state index in [1.165, 1.54) is 12.1 Å². The Morgan fingerprint density at radius 1 is 1.42 bits per heavy atom. The lowest BCUT2D eigenvalue weighted by molar-refractivity contribution is 0.439. The predicted molar refractivity (Wildman–Crippen MR) is 67.5 cm³/mol. The van der Waals surface area contributed by atoms with E-state index in [1.807, 2.05) is 13.0 Å². The third kappa shape index (κ3) is 3.39. The molecule has 0 bridgehead atoms. The normalized spacial score (nSPS) is 10.4. The maximum atomic E-state index is 13.1. The maximum Gasteiger partial charge on any atom is 0.208 e.